The fourth-order valence-corrected chi connectivity index (χ4v) is 3.74. The van der Waals surface area contributed by atoms with E-state index in [-0.39, 0.29) is 5.56 Å². The van der Waals surface area contributed by atoms with Gasteiger partial charge < -0.3 is 14.8 Å². The van der Waals surface area contributed by atoms with Gasteiger partial charge in [0.05, 0.1) is 0 Å². The average Bonchev–Trinajstić information content (AvgIpc) is 2.55. The summed E-state index contributed by atoms with van der Waals surface area (Å²) < 4.78 is 1.85. The van der Waals surface area contributed by atoms with Gasteiger partial charge in [0.25, 0.3) is 5.56 Å². The van der Waals surface area contributed by atoms with Crippen LogP contribution in [0, 0.1) is 18.8 Å². The van der Waals surface area contributed by atoms with Gasteiger partial charge in [0, 0.05) is 44.5 Å². The summed E-state index contributed by atoms with van der Waals surface area (Å²) in [5.74, 6) is 2.50. The highest BCUT2D eigenvalue weighted by Gasteiger charge is 2.23. The van der Waals surface area contributed by atoms with Gasteiger partial charge >= 0.3 is 0 Å². The van der Waals surface area contributed by atoms with E-state index in [9.17, 15) is 4.79 Å². The average molecular weight is 347 g/mol. The Kier molecular flexibility index (Phi) is 7.53. The van der Waals surface area contributed by atoms with Crippen molar-refractivity contribution in [3.8, 4) is 0 Å². The van der Waals surface area contributed by atoms with Gasteiger partial charge in [-0.15, -0.1) is 0 Å². The van der Waals surface area contributed by atoms with Gasteiger partial charge in [-0.1, -0.05) is 19.9 Å². The maximum atomic E-state index is 11.9. The van der Waals surface area contributed by atoms with Crippen LogP contribution in [0.15, 0.2) is 28.0 Å². The summed E-state index contributed by atoms with van der Waals surface area (Å²) in [6.45, 7) is 13.4. The number of aliphatic imine (C=N–C) groups is 1. The van der Waals surface area contributed by atoms with Crippen molar-refractivity contribution in [1.82, 2.24) is 14.8 Å². The van der Waals surface area contributed by atoms with E-state index < -0.39 is 0 Å². The Morgan fingerprint density at radius 3 is 2.60 bits per heavy atom. The van der Waals surface area contributed by atoms with E-state index in [1.807, 2.05) is 23.6 Å². The number of hydrogen-bond acceptors (Lipinski definition) is 2. The first-order valence-electron chi connectivity index (χ1n) is 9.71. The van der Waals surface area contributed by atoms with E-state index >= 15 is 0 Å². The van der Waals surface area contributed by atoms with E-state index in [4.69, 9.17) is 4.99 Å². The van der Waals surface area contributed by atoms with Crippen molar-refractivity contribution >= 4 is 5.96 Å². The number of piperidine rings is 1. The quantitative estimate of drug-likeness (QED) is 0.489. The molecule has 5 heteroatoms. The summed E-state index contributed by atoms with van der Waals surface area (Å²) in [6.07, 6.45) is 3.27. The first-order chi connectivity index (χ1) is 12.0. The van der Waals surface area contributed by atoms with Gasteiger partial charge in [0.2, 0.25) is 0 Å². The number of likely N-dealkylation sites (tertiary alicyclic amines) is 1. The predicted octanol–water partition coefficient (Wildman–Crippen LogP) is 2.88. The van der Waals surface area contributed by atoms with Crippen molar-refractivity contribution in [3.63, 3.8) is 0 Å². The lowest BCUT2D eigenvalue weighted by Crippen LogP contribution is -2.48. The number of rotatable bonds is 6. The Hall–Kier alpha value is -1.78. The standard InChI is InChI=1S/C20H34N4O/c1-5-21-20(23-14-16(2)13-17(3)15-23)22-11-6-7-12-24-18(4)9-8-10-19(24)25/h8-10,16-17H,5-7,11-15H2,1-4H3,(H,21,22). The SMILES string of the molecule is CCNC(=NCCCCn1c(C)cccc1=O)N1CC(C)CC(C)C1. The van der Waals surface area contributed by atoms with E-state index in [1.54, 1.807) is 6.07 Å². The van der Waals surface area contributed by atoms with Gasteiger partial charge in [0.15, 0.2) is 5.96 Å². The molecule has 2 heterocycles. The Labute approximate surface area is 152 Å². The minimum Gasteiger partial charge on any atom is -0.357 e. The van der Waals surface area contributed by atoms with Crippen LogP contribution in [0.1, 0.15) is 45.7 Å². The first kappa shape index (κ1) is 19.5. The maximum Gasteiger partial charge on any atom is 0.250 e. The van der Waals surface area contributed by atoms with Crippen LogP contribution in [-0.2, 0) is 6.54 Å². The Bertz CT molecular complexity index is 612. The Morgan fingerprint density at radius 1 is 1.24 bits per heavy atom. The number of aromatic nitrogens is 1. The van der Waals surface area contributed by atoms with Crippen molar-refractivity contribution in [2.75, 3.05) is 26.2 Å². The summed E-state index contributed by atoms with van der Waals surface area (Å²) in [5, 5.41) is 3.44. The molecule has 1 aliphatic heterocycles. The van der Waals surface area contributed by atoms with Crippen molar-refractivity contribution in [2.24, 2.45) is 16.8 Å². The highest BCUT2D eigenvalue weighted by atomic mass is 16.1. The lowest BCUT2D eigenvalue weighted by molar-refractivity contribution is 0.208. The van der Waals surface area contributed by atoms with Crippen LogP contribution < -0.4 is 10.9 Å². The van der Waals surface area contributed by atoms with Crippen molar-refractivity contribution in [1.29, 1.82) is 0 Å². The predicted molar refractivity (Wildman–Crippen MR) is 105 cm³/mol. The fraction of sp³-hybridized carbons (Fsp3) is 0.700. The molecule has 0 bridgehead atoms. The molecule has 140 valence electrons. The molecule has 1 N–H and O–H groups in total. The minimum absolute atomic E-state index is 0.0909. The Balaban J connectivity index is 1.86. The molecule has 0 saturated carbocycles. The molecule has 0 spiro atoms. The molecule has 5 nitrogen and oxygen atoms in total. The molecule has 1 aromatic rings. The molecule has 25 heavy (non-hydrogen) atoms. The van der Waals surface area contributed by atoms with E-state index in [0.717, 1.165) is 69.1 Å². The number of hydrogen-bond donors (Lipinski definition) is 1. The third-order valence-electron chi connectivity index (χ3n) is 4.82. The molecule has 0 radical (unpaired) electrons. The number of unbranched alkanes of at least 4 members (excludes halogenated alkanes) is 1. The van der Waals surface area contributed by atoms with E-state index in [2.05, 4.69) is 31.0 Å². The second-order valence-corrected chi connectivity index (χ2v) is 7.45. The number of guanidine groups is 1. The number of nitrogens with one attached hydrogen (secondary N) is 1. The molecule has 1 fully saturated rings. The second-order valence-electron chi connectivity index (χ2n) is 7.45. The zero-order valence-corrected chi connectivity index (χ0v) is 16.3. The molecule has 2 unspecified atom stereocenters. The number of nitrogens with zero attached hydrogens (tertiary/aromatic N) is 3. The third-order valence-corrected chi connectivity index (χ3v) is 4.82. The zero-order chi connectivity index (χ0) is 18.2. The molecule has 1 aliphatic rings. The topological polar surface area (TPSA) is 49.6 Å². The van der Waals surface area contributed by atoms with Crippen LogP contribution in [0.4, 0.5) is 0 Å². The lowest BCUT2D eigenvalue weighted by atomic mass is 9.92. The third kappa shape index (κ3) is 5.91. The molecule has 0 aliphatic carbocycles. The van der Waals surface area contributed by atoms with Crippen LogP contribution in [-0.4, -0.2) is 41.6 Å². The highest BCUT2D eigenvalue weighted by molar-refractivity contribution is 5.80. The fourth-order valence-electron chi connectivity index (χ4n) is 3.74. The van der Waals surface area contributed by atoms with Crippen molar-refractivity contribution < 1.29 is 0 Å². The largest absolute Gasteiger partial charge is 0.357 e. The van der Waals surface area contributed by atoms with Crippen LogP contribution in [0.3, 0.4) is 0 Å². The van der Waals surface area contributed by atoms with Crippen LogP contribution in [0.5, 0.6) is 0 Å². The molecule has 0 amide bonds. The minimum atomic E-state index is 0.0909. The molecule has 2 rings (SSSR count). The van der Waals surface area contributed by atoms with Gasteiger partial charge in [-0.2, -0.15) is 0 Å². The van der Waals surface area contributed by atoms with Gasteiger partial charge in [-0.05, 0) is 51.0 Å². The second kappa shape index (κ2) is 9.64. The smallest absolute Gasteiger partial charge is 0.250 e. The highest BCUT2D eigenvalue weighted by Crippen LogP contribution is 2.20. The van der Waals surface area contributed by atoms with Crippen LogP contribution in [0.2, 0.25) is 0 Å². The molecular formula is C20H34N4O. The van der Waals surface area contributed by atoms with Gasteiger partial charge in [-0.3, -0.25) is 9.79 Å². The number of pyridine rings is 1. The summed E-state index contributed by atoms with van der Waals surface area (Å²) in [5.41, 5.74) is 1.12. The maximum absolute atomic E-state index is 11.9. The van der Waals surface area contributed by atoms with Gasteiger partial charge in [0.1, 0.15) is 0 Å². The molecule has 1 saturated heterocycles. The summed E-state index contributed by atoms with van der Waals surface area (Å²) in [6, 6.07) is 5.44. The number of aryl methyl sites for hydroxylation is 1. The first-order valence-corrected chi connectivity index (χ1v) is 9.71. The molecular weight excluding hydrogens is 312 g/mol. The monoisotopic (exact) mass is 346 g/mol. The van der Waals surface area contributed by atoms with Crippen molar-refractivity contribution in [2.45, 2.75) is 53.5 Å². The van der Waals surface area contributed by atoms with E-state index in [0.29, 0.717) is 0 Å². The summed E-state index contributed by atoms with van der Waals surface area (Å²) in [4.78, 5) is 19.1. The van der Waals surface area contributed by atoms with Crippen LogP contribution in [0.25, 0.3) is 0 Å². The van der Waals surface area contributed by atoms with E-state index in [1.165, 1.54) is 6.42 Å². The zero-order valence-electron chi connectivity index (χ0n) is 16.3. The lowest BCUT2D eigenvalue weighted by Gasteiger charge is -2.37. The van der Waals surface area contributed by atoms with Crippen molar-refractivity contribution in [3.05, 3.63) is 34.2 Å². The van der Waals surface area contributed by atoms with Crippen LogP contribution >= 0.6 is 0 Å². The normalized spacial score (nSPS) is 21.4. The molecule has 0 aromatic carbocycles. The summed E-state index contributed by atoms with van der Waals surface area (Å²) >= 11 is 0. The molecule has 2 atom stereocenters. The molecule has 1 aromatic heterocycles. The summed E-state index contributed by atoms with van der Waals surface area (Å²) in [7, 11) is 0. The Morgan fingerprint density at radius 2 is 1.96 bits per heavy atom. The van der Waals surface area contributed by atoms with Gasteiger partial charge in [-0.25, -0.2) is 0 Å².